The molecule has 3 atom stereocenters. The summed E-state index contributed by atoms with van der Waals surface area (Å²) in [5.41, 5.74) is 2.46. The summed E-state index contributed by atoms with van der Waals surface area (Å²) in [6.07, 6.45) is 2.75. The molecule has 2 saturated heterocycles. The first-order valence-corrected chi connectivity index (χ1v) is 7.54. The van der Waals surface area contributed by atoms with Crippen LogP contribution in [0.3, 0.4) is 0 Å². The second kappa shape index (κ2) is 4.86. The summed E-state index contributed by atoms with van der Waals surface area (Å²) in [4.78, 5) is 14.9. The van der Waals surface area contributed by atoms with Crippen LogP contribution in [0.5, 0.6) is 0 Å². The van der Waals surface area contributed by atoms with Crippen molar-refractivity contribution >= 4 is 5.91 Å². The van der Waals surface area contributed by atoms with Gasteiger partial charge in [-0.15, -0.1) is 0 Å². The molecule has 0 aromatic heterocycles. The monoisotopic (exact) mass is 272 g/mol. The van der Waals surface area contributed by atoms with E-state index in [9.17, 15) is 4.79 Å². The van der Waals surface area contributed by atoms with Crippen LogP contribution in [0.2, 0.25) is 0 Å². The Kier molecular flexibility index (Phi) is 3.00. The molecular formula is C16H20N2O2. The van der Waals surface area contributed by atoms with E-state index in [0.717, 1.165) is 39.0 Å². The zero-order valence-corrected chi connectivity index (χ0v) is 11.5. The average Bonchev–Trinajstić information content (AvgIpc) is 2.84. The molecule has 3 unspecified atom stereocenters. The van der Waals surface area contributed by atoms with Gasteiger partial charge in [0.05, 0.1) is 18.1 Å². The number of hydrogen-bond acceptors (Lipinski definition) is 3. The number of nitrogens with zero attached hydrogens (tertiary/aromatic N) is 1. The van der Waals surface area contributed by atoms with Crippen LogP contribution in [0.15, 0.2) is 24.3 Å². The van der Waals surface area contributed by atoms with E-state index in [1.165, 1.54) is 11.1 Å². The summed E-state index contributed by atoms with van der Waals surface area (Å²) in [6, 6.07) is 8.30. The molecule has 0 spiro atoms. The number of carbonyl (C=O) groups excluding carboxylic acids is 1. The van der Waals surface area contributed by atoms with Gasteiger partial charge < -0.3 is 15.0 Å². The van der Waals surface area contributed by atoms with Crippen molar-refractivity contribution in [3.8, 4) is 0 Å². The number of fused-ring (bicyclic) bond motifs is 3. The quantitative estimate of drug-likeness (QED) is 0.837. The summed E-state index contributed by atoms with van der Waals surface area (Å²) in [5, 5.41) is 3.37. The fourth-order valence-electron chi connectivity index (χ4n) is 3.73. The minimum absolute atomic E-state index is 0.0301. The summed E-state index contributed by atoms with van der Waals surface area (Å²) in [5.74, 6) is 0.238. The van der Waals surface area contributed by atoms with E-state index >= 15 is 0 Å². The van der Waals surface area contributed by atoms with E-state index in [4.69, 9.17) is 4.74 Å². The zero-order chi connectivity index (χ0) is 13.5. The molecule has 1 aromatic rings. The Morgan fingerprint density at radius 1 is 1.20 bits per heavy atom. The van der Waals surface area contributed by atoms with E-state index in [1.807, 2.05) is 17.0 Å². The predicted molar refractivity (Wildman–Crippen MR) is 75.4 cm³/mol. The lowest BCUT2D eigenvalue weighted by atomic mass is 9.89. The van der Waals surface area contributed by atoms with Crippen molar-refractivity contribution in [3.05, 3.63) is 35.4 Å². The van der Waals surface area contributed by atoms with E-state index in [2.05, 4.69) is 17.4 Å². The summed E-state index contributed by atoms with van der Waals surface area (Å²) in [6.45, 7) is 3.17. The van der Waals surface area contributed by atoms with Gasteiger partial charge in [0.2, 0.25) is 5.91 Å². The molecule has 0 aliphatic carbocycles. The number of amides is 1. The topological polar surface area (TPSA) is 41.6 Å². The fourth-order valence-corrected chi connectivity index (χ4v) is 3.73. The molecule has 4 heteroatoms. The Bertz CT molecular complexity index is 519. The Labute approximate surface area is 119 Å². The normalized spacial score (nSPS) is 32.0. The highest BCUT2D eigenvalue weighted by molar-refractivity contribution is 5.85. The number of ether oxygens (including phenoxy) is 1. The van der Waals surface area contributed by atoms with Gasteiger partial charge in [0.25, 0.3) is 0 Å². The molecule has 2 fully saturated rings. The number of carbonyl (C=O) groups is 1. The Hall–Kier alpha value is -1.39. The van der Waals surface area contributed by atoms with Crippen molar-refractivity contribution in [2.45, 2.75) is 37.5 Å². The summed E-state index contributed by atoms with van der Waals surface area (Å²) in [7, 11) is 0. The number of hydrogen-bond donors (Lipinski definition) is 1. The number of morpholine rings is 1. The maximum atomic E-state index is 12.9. The lowest BCUT2D eigenvalue weighted by molar-refractivity contribution is -0.141. The number of benzene rings is 1. The molecule has 2 bridgehead atoms. The fraction of sp³-hybridized carbons (Fsp3) is 0.562. The third-order valence-electron chi connectivity index (χ3n) is 4.75. The second-order valence-corrected chi connectivity index (χ2v) is 6.08. The maximum Gasteiger partial charge on any atom is 0.231 e. The standard InChI is InChI=1S/C16H20N2O2/c19-16(18-9-12-5-6-13(10-18)20-12)15-8-17-7-11-3-1-2-4-14(11)15/h1-4,12-13,15,17H,5-10H2. The highest BCUT2D eigenvalue weighted by Gasteiger charge is 2.38. The van der Waals surface area contributed by atoms with Gasteiger partial charge >= 0.3 is 0 Å². The molecular weight excluding hydrogens is 252 g/mol. The third kappa shape index (κ3) is 2.03. The first-order valence-electron chi connectivity index (χ1n) is 7.54. The van der Waals surface area contributed by atoms with Crippen LogP contribution in [0.1, 0.15) is 29.9 Å². The lowest BCUT2D eigenvalue weighted by Gasteiger charge is -2.36. The molecule has 1 aromatic carbocycles. The lowest BCUT2D eigenvalue weighted by Crippen LogP contribution is -2.49. The highest BCUT2D eigenvalue weighted by atomic mass is 16.5. The van der Waals surface area contributed by atoms with Crippen LogP contribution in [0.25, 0.3) is 0 Å². The van der Waals surface area contributed by atoms with Crippen molar-refractivity contribution in [2.24, 2.45) is 0 Å². The summed E-state index contributed by atoms with van der Waals surface area (Å²) >= 11 is 0. The van der Waals surface area contributed by atoms with Gasteiger partial charge in [0.1, 0.15) is 0 Å². The van der Waals surface area contributed by atoms with Gasteiger partial charge in [-0.1, -0.05) is 24.3 Å². The van der Waals surface area contributed by atoms with E-state index in [0.29, 0.717) is 0 Å². The van der Waals surface area contributed by atoms with Crippen molar-refractivity contribution in [3.63, 3.8) is 0 Å². The van der Waals surface area contributed by atoms with Crippen LogP contribution in [0, 0.1) is 0 Å². The number of nitrogens with one attached hydrogen (secondary N) is 1. The van der Waals surface area contributed by atoms with Gasteiger partial charge in [0.15, 0.2) is 0 Å². The highest BCUT2D eigenvalue weighted by Crippen LogP contribution is 2.30. The van der Waals surface area contributed by atoms with Crippen LogP contribution in [-0.2, 0) is 16.1 Å². The molecule has 4 rings (SSSR count). The SMILES string of the molecule is O=C(C1CNCc2ccccc21)N1CC2CCC(C1)O2. The first kappa shape index (κ1) is 12.4. The second-order valence-electron chi connectivity index (χ2n) is 6.08. The van der Waals surface area contributed by atoms with Gasteiger partial charge in [-0.05, 0) is 24.0 Å². The minimum Gasteiger partial charge on any atom is -0.371 e. The summed E-state index contributed by atoms with van der Waals surface area (Å²) < 4.78 is 5.82. The van der Waals surface area contributed by atoms with Crippen LogP contribution in [-0.4, -0.2) is 42.6 Å². The van der Waals surface area contributed by atoms with E-state index in [1.54, 1.807) is 0 Å². The zero-order valence-electron chi connectivity index (χ0n) is 11.5. The van der Waals surface area contributed by atoms with Crippen LogP contribution < -0.4 is 5.32 Å². The van der Waals surface area contributed by atoms with Crippen molar-refractivity contribution in [1.29, 1.82) is 0 Å². The van der Waals surface area contributed by atoms with Gasteiger partial charge in [-0.2, -0.15) is 0 Å². The van der Waals surface area contributed by atoms with Crippen LogP contribution >= 0.6 is 0 Å². The van der Waals surface area contributed by atoms with Crippen molar-refractivity contribution < 1.29 is 9.53 Å². The Morgan fingerprint density at radius 2 is 1.95 bits per heavy atom. The Balaban J connectivity index is 1.57. The molecule has 0 saturated carbocycles. The molecule has 3 heterocycles. The van der Waals surface area contributed by atoms with Crippen molar-refractivity contribution in [2.75, 3.05) is 19.6 Å². The number of rotatable bonds is 1. The molecule has 3 aliphatic heterocycles. The van der Waals surface area contributed by atoms with E-state index < -0.39 is 0 Å². The minimum atomic E-state index is -0.0301. The number of likely N-dealkylation sites (tertiary alicyclic amines) is 1. The molecule has 1 amide bonds. The molecule has 1 N–H and O–H groups in total. The first-order chi connectivity index (χ1) is 9.81. The molecule has 106 valence electrons. The van der Waals surface area contributed by atoms with Gasteiger partial charge in [0, 0.05) is 26.2 Å². The largest absolute Gasteiger partial charge is 0.371 e. The molecule has 20 heavy (non-hydrogen) atoms. The van der Waals surface area contributed by atoms with Crippen LogP contribution in [0.4, 0.5) is 0 Å². The van der Waals surface area contributed by atoms with Crippen molar-refractivity contribution in [1.82, 2.24) is 10.2 Å². The van der Waals surface area contributed by atoms with E-state index in [-0.39, 0.29) is 24.0 Å². The third-order valence-corrected chi connectivity index (χ3v) is 4.75. The predicted octanol–water partition coefficient (Wildman–Crippen LogP) is 1.26. The maximum absolute atomic E-state index is 12.9. The smallest absolute Gasteiger partial charge is 0.231 e. The van der Waals surface area contributed by atoms with Gasteiger partial charge in [-0.3, -0.25) is 4.79 Å². The molecule has 4 nitrogen and oxygen atoms in total. The molecule has 0 radical (unpaired) electrons. The molecule has 3 aliphatic rings. The average molecular weight is 272 g/mol. The van der Waals surface area contributed by atoms with Gasteiger partial charge in [-0.25, -0.2) is 0 Å². The Morgan fingerprint density at radius 3 is 2.75 bits per heavy atom.